The zero-order valence-corrected chi connectivity index (χ0v) is 14.1. The molecule has 1 aliphatic heterocycles. The van der Waals surface area contributed by atoms with E-state index in [2.05, 4.69) is 4.99 Å². The molecular weight excluding hydrogens is 329 g/mol. The lowest BCUT2D eigenvalue weighted by atomic mass is 10.1. The summed E-state index contributed by atoms with van der Waals surface area (Å²) in [5, 5.41) is 0. The van der Waals surface area contributed by atoms with Gasteiger partial charge in [0.2, 0.25) is 0 Å². The summed E-state index contributed by atoms with van der Waals surface area (Å²) >= 11 is 0. The second kappa shape index (κ2) is 6.20. The zero-order chi connectivity index (χ0) is 17.3. The van der Waals surface area contributed by atoms with Gasteiger partial charge in [-0.2, -0.15) is 0 Å². The molecule has 2 aromatic carbocycles. The minimum Gasteiger partial charge on any atom is -0.485 e. The van der Waals surface area contributed by atoms with Crippen LogP contribution in [0.2, 0.25) is 0 Å². The van der Waals surface area contributed by atoms with Crippen molar-refractivity contribution in [3.63, 3.8) is 0 Å². The van der Waals surface area contributed by atoms with Gasteiger partial charge >= 0.3 is 0 Å². The number of benzene rings is 2. The second-order valence-electron chi connectivity index (χ2n) is 5.62. The fourth-order valence-electron chi connectivity index (χ4n) is 2.40. The quantitative estimate of drug-likeness (QED) is 0.855. The summed E-state index contributed by atoms with van der Waals surface area (Å²) in [5.74, 6) is 0.225. The predicted octanol–water partition coefficient (Wildman–Crippen LogP) is 3.55. The minimum atomic E-state index is -3.26. The Morgan fingerprint density at radius 1 is 1.00 bits per heavy atom. The van der Waals surface area contributed by atoms with Gasteiger partial charge in [-0.15, -0.1) is 0 Å². The molecule has 4 nitrogen and oxygen atoms in total. The van der Waals surface area contributed by atoms with Crippen molar-refractivity contribution in [1.29, 1.82) is 0 Å². The maximum atomic E-state index is 13.2. The van der Waals surface area contributed by atoms with E-state index >= 15 is 0 Å². The Hall–Kier alpha value is -2.47. The summed E-state index contributed by atoms with van der Waals surface area (Å²) in [7, 11) is -3.26. The highest BCUT2D eigenvalue weighted by Gasteiger charge is 2.18. The number of aliphatic imine (C=N–C) groups is 1. The minimum absolute atomic E-state index is 0.241. The number of sulfone groups is 1. The van der Waals surface area contributed by atoms with Gasteiger partial charge in [0.1, 0.15) is 18.1 Å². The Balaban J connectivity index is 2.11. The number of hydrogen-bond donors (Lipinski definition) is 0. The summed E-state index contributed by atoms with van der Waals surface area (Å²) < 4.78 is 42.1. The summed E-state index contributed by atoms with van der Waals surface area (Å²) in [6.07, 6.45) is 1.16. The SMILES string of the molecule is CC1=NC(c2ccc(F)cc2)=C(c2ccc(S(C)(=O)=O)cc2)OC1. The van der Waals surface area contributed by atoms with Crippen molar-refractivity contribution in [3.05, 3.63) is 65.5 Å². The molecule has 0 aliphatic carbocycles. The predicted molar refractivity (Wildman–Crippen MR) is 91.8 cm³/mol. The number of rotatable bonds is 3. The van der Waals surface area contributed by atoms with Crippen LogP contribution in [0.5, 0.6) is 0 Å². The molecule has 0 N–H and O–H groups in total. The van der Waals surface area contributed by atoms with Crippen LogP contribution < -0.4 is 0 Å². The lowest BCUT2D eigenvalue weighted by Gasteiger charge is -2.19. The van der Waals surface area contributed by atoms with Crippen LogP contribution in [0.4, 0.5) is 4.39 Å². The van der Waals surface area contributed by atoms with Crippen molar-refractivity contribution < 1.29 is 17.5 Å². The second-order valence-corrected chi connectivity index (χ2v) is 7.63. The Kier molecular flexibility index (Phi) is 4.24. The molecule has 2 aromatic rings. The van der Waals surface area contributed by atoms with Gasteiger partial charge in [0.25, 0.3) is 0 Å². The fourth-order valence-corrected chi connectivity index (χ4v) is 3.03. The van der Waals surface area contributed by atoms with Gasteiger partial charge in [-0.05, 0) is 55.5 Å². The van der Waals surface area contributed by atoms with E-state index in [0.717, 1.165) is 23.1 Å². The van der Waals surface area contributed by atoms with Crippen molar-refractivity contribution in [2.75, 3.05) is 12.9 Å². The van der Waals surface area contributed by atoms with Gasteiger partial charge in [-0.1, -0.05) is 0 Å². The molecule has 3 rings (SSSR count). The molecule has 1 heterocycles. The Labute approximate surface area is 140 Å². The van der Waals surface area contributed by atoms with Crippen LogP contribution in [0.3, 0.4) is 0 Å². The molecule has 0 amide bonds. The van der Waals surface area contributed by atoms with Gasteiger partial charge in [0.05, 0.1) is 10.6 Å². The van der Waals surface area contributed by atoms with E-state index in [1.807, 2.05) is 6.92 Å². The maximum absolute atomic E-state index is 13.2. The molecule has 24 heavy (non-hydrogen) atoms. The van der Waals surface area contributed by atoms with E-state index in [4.69, 9.17) is 4.74 Å². The van der Waals surface area contributed by atoms with Crippen molar-refractivity contribution in [1.82, 2.24) is 0 Å². The van der Waals surface area contributed by atoms with Gasteiger partial charge in [0.15, 0.2) is 15.6 Å². The molecule has 0 spiro atoms. The topological polar surface area (TPSA) is 55.7 Å². The van der Waals surface area contributed by atoms with E-state index in [1.54, 1.807) is 24.3 Å². The molecule has 0 fully saturated rings. The van der Waals surface area contributed by atoms with Crippen molar-refractivity contribution in [2.24, 2.45) is 4.99 Å². The van der Waals surface area contributed by atoms with Crippen molar-refractivity contribution >= 4 is 27.0 Å². The highest BCUT2D eigenvalue weighted by Crippen LogP contribution is 2.32. The number of ether oxygens (including phenoxy) is 1. The van der Waals surface area contributed by atoms with Crippen molar-refractivity contribution in [3.8, 4) is 0 Å². The average Bonchev–Trinajstić information content (AvgIpc) is 2.55. The largest absolute Gasteiger partial charge is 0.485 e. The molecule has 0 unspecified atom stereocenters. The molecule has 0 radical (unpaired) electrons. The third-order valence-corrected chi connectivity index (χ3v) is 4.73. The highest BCUT2D eigenvalue weighted by molar-refractivity contribution is 7.90. The molecule has 0 saturated heterocycles. The summed E-state index contributed by atoms with van der Waals surface area (Å²) in [6.45, 7) is 2.21. The van der Waals surface area contributed by atoms with Crippen LogP contribution in [-0.2, 0) is 14.6 Å². The smallest absolute Gasteiger partial charge is 0.175 e. The molecule has 0 bridgehead atoms. The third-order valence-electron chi connectivity index (χ3n) is 3.61. The first-order valence-corrected chi connectivity index (χ1v) is 9.21. The van der Waals surface area contributed by atoms with Gasteiger partial charge in [0, 0.05) is 17.4 Å². The molecule has 0 aromatic heterocycles. The average molecular weight is 345 g/mol. The van der Waals surface area contributed by atoms with E-state index in [9.17, 15) is 12.8 Å². The first kappa shape index (κ1) is 16.4. The number of nitrogens with zero attached hydrogens (tertiary/aromatic N) is 1. The molecule has 124 valence electrons. The van der Waals surface area contributed by atoms with Gasteiger partial charge < -0.3 is 4.74 Å². The van der Waals surface area contributed by atoms with E-state index in [0.29, 0.717) is 18.1 Å². The molecule has 1 aliphatic rings. The van der Waals surface area contributed by atoms with Crippen LogP contribution in [0.1, 0.15) is 18.1 Å². The van der Waals surface area contributed by atoms with Gasteiger partial charge in [-0.3, -0.25) is 0 Å². The standard InChI is InChI=1S/C18H16FNO3S/c1-12-11-23-18(14-5-9-16(10-6-14)24(2,21)22)17(20-12)13-3-7-15(19)8-4-13/h3-10H,11H2,1-2H3. The summed E-state index contributed by atoms with van der Waals surface area (Å²) in [6, 6.07) is 12.5. The zero-order valence-electron chi connectivity index (χ0n) is 13.3. The summed E-state index contributed by atoms with van der Waals surface area (Å²) in [4.78, 5) is 4.78. The third kappa shape index (κ3) is 3.38. The summed E-state index contributed by atoms with van der Waals surface area (Å²) in [5.41, 5.74) is 2.87. The van der Waals surface area contributed by atoms with E-state index in [-0.39, 0.29) is 10.7 Å². The maximum Gasteiger partial charge on any atom is 0.175 e. The Morgan fingerprint density at radius 2 is 1.58 bits per heavy atom. The molecular formula is C18H16FNO3S. The van der Waals surface area contributed by atoms with Gasteiger partial charge in [-0.25, -0.2) is 17.8 Å². The highest BCUT2D eigenvalue weighted by atomic mass is 32.2. The Morgan fingerprint density at radius 3 is 2.17 bits per heavy atom. The van der Waals surface area contributed by atoms with E-state index in [1.165, 1.54) is 24.3 Å². The first-order valence-electron chi connectivity index (χ1n) is 7.32. The fraction of sp³-hybridized carbons (Fsp3) is 0.167. The van der Waals surface area contributed by atoms with Crippen LogP contribution in [0.15, 0.2) is 58.4 Å². The lowest BCUT2D eigenvalue weighted by molar-refractivity contribution is 0.329. The first-order chi connectivity index (χ1) is 11.3. The van der Waals surface area contributed by atoms with Crippen LogP contribution in [-0.4, -0.2) is 27.0 Å². The number of hydrogen-bond acceptors (Lipinski definition) is 4. The molecule has 6 heteroatoms. The van der Waals surface area contributed by atoms with Crippen LogP contribution >= 0.6 is 0 Å². The van der Waals surface area contributed by atoms with Crippen molar-refractivity contribution in [2.45, 2.75) is 11.8 Å². The normalized spacial score (nSPS) is 15.0. The molecule has 0 atom stereocenters. The lowest BCUT2D eigenvalue weighted by Crippen LogP contribution is -2.11. The molecule has 0 saturated carbocycles. The Bertz CT molecular complexity index is 927. The van der Waals surface area contributed by atoms with Crippen LogP contribution in [0.25, 0.3) is 11.5 Å². The number of halogens is 1. The van der Waals surface area contributed by atoms with Crippen LogP contribution in [0, 0.1) is 5.82 Å². The van der Waals surface area contributed by atoms with E-state index < -0.39 is 9.84 Å². The monoisotopic (exact) mass is 345 g/mol.